The lowest BCUT2D eigenvalue weighted by molar-refractivity contribution is -0.137. The van der Waals surface area contributed by atoms with Crippen LogP contribution in [0.25, 0.3) is 11.0 Å². The molecule has 0 spiro atoms. The zero-order chi connectivity index (χ0) is 14.9. The normalized spacial score (nSPS) is 11.8. The second kappa shape index (κ2) is 5.08. The van der Waals surface area contributed by atoms with Gasteiger partial charge in [0.1, 0.15) is 12.2 Å². The van der Waals surface area contributed by atoms with Crippen molar-refractivity contribution >= 4 is 16.7 Å². The van der Waals surface area contributed by atoms with Gasteiger partial charge in [0.05, 0.1) is 11.1 Å². The molecule has 1 N–H and O–H groups in total. The summed E-state index contributed by atoms with van der Waals surface area (Å²) in [6.45, 7) is 0.105. The highest BCUT2D eigenvalue weighted by Crippen LogP contribution is 2.34. The Labute approximate surface area is 118 Å². The summed E-state index contributed by atoms with van der Waals surface area (Å²) in [6, 6.07) is 12.6. The van der Waals surface area contributed by atoms with Gasteiger partial charge >= 0.3 is 6.18 Å². The average Bonchev–Trinajstić information content (AvgIpc) is 2.88. The van der Waals surface area contributed by atoms with Gasteiger partial charge in [0.15, 0.2) is 0 Å². The van der Waals surface area contributed by atoms with Gasteiger partial charge in [-0.15, -0.1) is 5.10 Å². The summed E-state index contributed by atoms with van der Waals surface area (Å²) < 4.78 is 40.2. The van der Waals surface area contributed by atoms with E-state index < -0.39 is 11.7 Å². The molecular formula is C14H11F3N4. The van der Waals surface area contributed by atoms with Crippen LogP contribution in [0.3, 0.4) is 0 Å². The molecule has 0 fully saturated rings. The van der Waals surface area contributed by atoms with Crippen molar-refractivity contribution < 1.29 is 13.2 Å². The van der Waals surface area contributed by atoms with E-state index in [1.54, 1.807) is 12.1 Å². The topological polar surface area (TPSA) is 42.7 Å². The monoisotopic (exact) mass is 292 g/mol. The van der Waals surface area contributed by atoms with E-state index in [9.17, 15) is 13.2 Å². The lowest BCUT2D eigenvalue weighted by atomic mass is 10.2. The van der Waals surface area contributed by atoms with Gasteiger partial charge in [0, 0.05) is 5.69 Å². The molecule has 0 bridgehead atoms. The maximum atomic E-state index is 12.9. The molecule has 0 unspecified atom stereocenters. The minimum Gasteiger partial charge on any atom is -0.366 e. The number of anilines is 1. The molecule has 0 saturated heterocycles. The number of alkyl halides is 3. The molecule has 7 heteroatoms. The highest BCUT2D eigenvalue weighted by molar-refractivity contribution is 5.73. The van der Waals surface area contributed by atoms with E-state index in [2.05, 4.69) is 15.6 Å². The third-order valence-electron chi connectivity index (χ3n) is 3.07. The number of para-hydroxylation sites is 2. The fourth-order valence-corrected chi connectivity index (χ4v) is 2.08. The lowest BCUT2D eigenvalue weighted by Gasteiger charge is -2.14. The summed E-state index contributed by atoms with van der Waals surface area (Å²) >= 11 is 0. The van der Waals surface area contributed by atoms with Gasteiger partial charge in [-0.05, 0) is 24.3 Å². The van der Waals surface area contributed by atoms with Crippen LogP contribution in [0.1, 0.15) is 5.56 Å². The maximum absolute atomic E-state index is 12.9. The molecule has 1 aromatic heterocycles. The first kappa shape index (κ1) is 13.4. The molecule has 0 radical (unpaired) electrons. The Balaban J connectivity index is 1.86. The Kier molecular flexibility index (Phi) is 3.25. The number of halogens is 3. The van der Waals surface area contributed by atoms with E-state index in [0.29, 0.717) is 5.52 Å². The van der Waals surface area contributed by atoms with Crippen molar-refractivity contribution in [3.05, 3.63) is 54.1 Å². The van der Waals surface area contributed by atoms with Crippen LogP contribution in [-0.2, 0) is 12.8 Å². The zero-order valence-electron chi connectivity index (χ0n) is 10.8. The number of nitrogens with one attached hydrogen (secondary N) is 1. The second-order valence-corrected chi connectivity index (χ2v) is 4.46. The number of aromatic nitrogens is 3. The van der Waals surface area contributed by atoms with E-state index in [1.807, 2.05) is 18.2 Å². The van der Waals surface area contributed by atoms with Gasteiger partial charge in [-0.25, -0.2) is 4.68 Å². The second-order valence-electron chi connectivity index (χ2n) is 4.46. The minimum absolute atomic E-state index is 0.0181. The van der Waals surface area contributed by atoms with Gasteiger partial charge < -0.3 is 5.32 Å². The predicted octanol–water partition coefficient (Wildman–Crippen LogP) is 3.52. The number of benzene rings is 2. The molecule has 1 heterocycles. The van der Waals surface area contributed by atoms with Crippen LogP contribution in [0.5, 0.6) is 0 Å². The quantitative estimate of drug-likeness (QED) is 0.803. The Bertz CT molecular complexity index is 764. The molecule has 2 aromatic carbocycles. The molecule has 0 aliphatic rings. The molecule has 21 heavy (non-hydrogen) atoms. The number of hydrogen-bond acceptors (Lipinski definition) is 3. The summed E-state index contributed by atoms with van der Waals surface area (Å²) in [5.74, 6) is 0. The summed E-state index contributed by atoms with van der Waals surface area (Å²) in [4.78, 5) is 0. The Morgan fingerprint density at radius 1 is 1.00 bits per heavy atom. The van der Waals surface area contributed by atoms with E-state index >= 15 is 0 Å². The Morgan fingerprint density at radius 2 is 1.71 bits per heavy atom. The van der Waals surface area contributed by atoms with Crippen LogP contribution in [-0.4, -0.2) is 15.0 Å². The van der Waals surface area contributed by atoms with Crippen LogP contribution >= 0.6 is 0 Å². The summed E-state index contributed by atoms with van der Waals surface area (Å²) in [7, 11) is 0. The van der Waals surface area contributed by atoms with Crippen molar-refractivity contribution in [3.8, 4) is 0 Å². The molecule has 3 rings (SSSR count). The van der Waals surface area contributed by atoms with E-state index in [-0.39, 0.29) is 12.4 Å². The average molecular weight is 292 g/mol. The van der Waals surface area contributed by atoms with Gasteiger partial charge in [0.25, 0.3) is 0 Å². The van der Waals surface area contributed by atoms with Crippen LogP contribution in [0.4, 0.5) is 18.9 Å². The minimum atomic E-state index is -4.39. The van der Waals surface area contributed by atoms with Crippen LogP contribution < -0.4 is 5.32 Å². The zero-order valence-corrected chi connectivity index (χ0v) is 10.8. The predicted molar refractivity (Wildman–Crippen MR) is 72.6 cm³/mol. The van der Waals surface area contributed by atoms with E-state index in [0.717, 1.165) is 11.6 Å². The van der Waals surface area contributed by atoms with Crippen molar-refractivity contribution in [3.63, 3.8) is 0 Å². The van der Waals surface area contributed by atoms with Gasteiger partial charge in [-0.1, -0.05) is 29.5 Å². The van der Waals surface area contributed by atoms with Crippen molar-refractivity contribution in [1.29, 1.82) is 0 Å². The van der Waals surface area contributed by atoms with Gasteiger partial charge in [0.2, 0.25) is 0 Å². The Morgan fingerprint density at radius 3 is 2.52 bits per heavy atom. The summed E-state index contributed by atoms with van der Waals surface area (Å²) in [5, 5.41) is 10.6. The Hall–Kier alpha value is -2.57. The van der Waals surface area contributed by atoms with Crippen LogP contribution in [0, 0.1) is 0 Å². The molecule has 0 aliphatic heterocycles. The van der Waals surface area contributed by atoms with E-state index in [4.69, 9.17) is 0 Å². The molecule has 0 atom stereocenters. The fraction of sp³-hybridized carbons (Fsp3) is 0.143. The molecule has 0 amide bonds. The summed E-state index contributed by atoms with van der Waals surface area (Å²) in [5.41, 5.74) is 0.775. The highest BCUT2D eigenvalue weighted by Gasteiger charge is 2.33. The third-order valence-corrected chi connectivity index (χ3v) is 3.07. The first-order valence-corrected chi connectivity index (χ1v) is 6.24. The van der Waals surface area contributed by atoms with E-state index in [1.165, 1.54) is 16.8 Å². The maximum Gasteiger partial charge on any atom is 0.418 e. The van der Waals surface area contributed by atoms with Crippen molar-refractivity contribution in [1.82, 2.24) is 15.0 Å². The lowest BCUT2D eigenvalue weighted by Crippen LogP contribution is -2.14. The SMILES string of the molecule is FC(F)(F)c1ccccc1NCn1nnc2ccccc21. The number of nitrogens with zero attached hydrogens (tertiary/aromatic N) is 3. The first-order chi connectivity index (χ1) is 10.1. The van der Waals surface area contributed by atoms with Crippen molar-refractivity contribution in [2.45, 2.75) is 12.8 Å². The van der Waals surface area contributed by atoms with Crippen LogP contribution in [0.15, 0.2) is 48.5 Å². The van der Waals surface area contributed by atoms with Crippen LogP contribution in [0.2, 0.25) is 0 Å². The first-order valence-electron chi connectivity index (χ1n) is 6.24. The third kappa shape index (κ3) is 2.67. The molecular weight excluding hydrogens is 281 g/mol. The van der Waals surface area contributed by atoms with Crippen molar-refractivity contribution in [2.24, 2.45) is 0 Å². The van der Waals surface area contributed by atoms with Gasteiger partial charge in [-0.3, -0.25) is 0 Å². The highest BCUT2D eigenvalue weighted by atomic mass is 19.4. The molecule has 108 valence electrons. The fourth-order valence-electron chi connectivity index (χ4n) is 2.08. The number of rotatable bonds is 3. The summed E-state index contributed by atoms with van der Waals surface area (Å²) in [6.07, 6.45) is -4.39. The van der Waals surface area contributed by atoms with Gasteiger partial charge in [-0.2, -0.15) is 13.2 Å². The molecule has 0 aliphatic carbocycles. The molecule has 3 aromatic rings. The molecule has 0 saturated carbocycles. The van der Waals surface area contributed by atoms with Crippen molar-refractivity contribution in [2.75, 3.05) is 5.32 Å². The largest absolute Gasteiger partial charge is 0.418 e. The standard InChI is InChI=1S/C14H11F3N4/c15-14(16,17)10-5-1-2-6-11(10)18-9-21-13-8-4-3-7-12(13)19-20-21/h1-8,18H,9H2. The number of fused-ring (bicyclic) bond motifs is 1. The number of hydrogen-bond donors (Lipinski definition) is 1. The molecule has 4 nitrogen and oxygen atoms in total. The smallest absolute Gasteiger partial charge is 0.366 e.